The number of hydrogen-bond donors (Lipinski definition) is 2. The van der Waals surface area contributed by atoms with Gasteiger partial charge in [-0.15, -0.1) is 0 Å². The van der Waals surface area contributed by atoms with E-state index < -0.39 is 0 Å². The van der Waals surface area contributed by atoms with Gasteiger partial charge in [-0.25, -0.2) is 4.99 Å². The fraction of sp³-hybridized carbons (Fsp3) is 0.529. The summed E-state index contributed by atoms with van der Waals surface area (Å²) in [7, 11) is 1.53. The van der Waals surface area contributed by atoms with Gasteiger partial charge in [0.15, 0.2) is 0 Å². The summed E-state index contributed by atoms with van der Waals surface area (Å²) in [6.45, 7) is 6.04. The molecule has 0 radical (unpaired) electrons. The summed E-state index contributed by atoms with van der Waals surface area (Å²) in [5.41, 5.74) is 1.59. The Balaban J connectivity index is 1.86. The number of nitrogens with zero attached hydrogens (tertiary/aromatic N) is 1. The van der Waals surface area contributed by atoms with Gasteiger partial charge in [-0.05, 0) is 37.8 Å². The lowest BCUT2D eigenvalue weighted by Gasteiger charge is -2.22. The molecule has 0 aromatic heterocycles. The van der Waals surface area contributed by atoms with E-state index in [2.05, 4.69) is 10.3 Å². The molecule has 1 aromatic carbocycles. The SMILES string of the molecule is COC(=NCC[NH+]1CCCCC1)NC(=O)c1ccccc1C. The largest absolute Gasteiger partial charge is 0.468 e. The highest BCUT2D eigenvalue weighted by Gasteiger charge is 2.14. The maximum atomic E-state index is 12.2. The summed E-state index contributed by atoms with van der Waals surface area (Å²) < 4.78 is 5.18. The van der Waals surface area contributed by atoms with E-state index in [4.69, 9.17) is 4.74 Å². The summed E-state index contributed by atoms with van der Waals surface area (Å²) in [5.74, 6) is -0.177. The Morgan fingerprint density at radius 3 is 2.68 bits per heavy atom. The number of rotatable bonds is 4. The molecule has 0 spiro atoms. The van der Waals surface area contributed by atoms with Crippen molar-refractivity contribution >= 4 is 11.9 Å². The summed E-state index contributed by atoms with van der Waals surface area (Å²) in [6, 6.07) is 7.78. The van der Waals surface area contributed by atoms with Gasteiger partial charge >= 0.3 is 0 Å². The molecule has 5 heteroatoms. The van der Waals surface area contributed by atoms with E-state index in [1.54, 1.807) is 11.0 Å². The number of aryl methyl sites for hydroxylation is 1. The van der Waals surface area contributed by atoms with Crippen molar-refractivity contribution in [3.8, 4) is 0 Å². The smallest absolute Gasteiger partial charge is 0.291 e. The molecule has 2 rings (SSSR count). The van der Waals surface area contributed by atoms with E-state index in [1.807, 2.05) is 25.1 Å². The third-order valence-corrected chi connectivity index (χ3v) is 4.08. The molecular formula is C17H26N3O2+. The van der Waals surface area contributed by atoms with Crippen LogP contribution >= 0.6 is 0 Å². The van der Waals surface area contributed by atoms with Gasteiger partial charge in [-0.3, -0.25) is 10.1 Å². The first-order chi connectivity index (χ1) is 10.7. The van der Waals surface area contributed by atoms with E-state index in [1.165, 1.54) is 39.5 Å². The van der Waals surface area contributed by atoms with Crippen LogP contribution in [-0.4, -0.2) is 45.2 Å². The molecule has 22 heavy (non-hydrogen) atoms. The number of methoxy groups -OCH3 is 1. The Hall–Kier alpha value is -1.88. The number of amides is 1. The predicted molar refractivity (Wildman–Crippen MR) is 87.4 cm³/mol. The number of carbonyl (C=O) groups is 1. The number of piperidine rings is 1. The van der Waals surface area contributed by atoms with Crippen LogP contribution in [-0.2, 0) is 4.74 Å². The molecule has 1 aromatic rings. The summed E-state index contributed by atoms with van der Waals surface area (Å²) in [6.07, 6.45) is 3.96. The summed E-state index contributed by atoms with van der Waals surface area (Å²) in [4.78, 5) is 18.2. The molecule has 5 nitrogen and oxygen atoms in total. The highest BCUT2D eigenvalue weighted by Crippen LogP contribution is 2.06. The molecule has 1 aliphatic heterocycles. The molecule has 0 bridgehead atoms. The van der Waals surface area contributed by atoms with Crippen molar-refractivity contribution in [1.29, 1.82) is 0 Å². The number of aliphatic imine (C=N–C) groups is 1. The van der Waals surface area contributed by atoms with E-state index in [0.717, 1.165) is 12.1 Å². The van der Waals surface area contributed by atoms with Crippen LogP contribution in [0.15, 0.2) is 29.3 Å². The van der Waals surface area contributed by atoms with Gasteiger partial charge in [0.2, 0.25) is 0 Å². The van der Waals surface area contributed by atoms with Crippen LogP contribution in [0.1, 0.15) is 35.2 Å². The molecule has 1 aliphatic rings. The molecule has 1 saturated heterocycles. The molecule has 0 aliphatic carbocycles. The number of amidine groups is 1. The van der Waals surface area contributed by atoms with Gasteiger partial charge in [-0.2, -0.15) is 0 Å². The Morgan fingerprint density at radius 2 is 2.00 bits per heavy atom. The van der Waals surface area contributed by atoms with Crippen LogP contribution in [0.4, 0.5) is 0 Å². The highest BCUT2D eigenvalue weighted by molar-refractivity contribution is 6.04. The number of benzene rings is 1. The average molecular weight is 304 g/mol. The molecule has 0 atom stereocenters. The normalized spacial score (nSPS) is 16.4. The summed E-state index contributed by atoms with van der Waals surface area (Å²) in [5, 5.41) is 2.74. The van der Waals surface area contributed by atoms with E-state index in [0.29, 0.717) is 18.1 Å². The highest BCUT2D eigenvalue weighted by atomic mass is 16.5. The van der Waals surface area contributed by atoms with Crippen LogP contribution < -0.4 is 10.2 Å². The van der Waals surface area contributed by atoms with E-state index in [9.17, 15) is 4.79 Å². The van der Waals surface area contributed by atoms with Crippen LogP contribution in [0.3, 0.4) is 0 Å². The average Bonchev–Trinajstić information content (AvgIpc) is 2.55. The van der Waals surface area contributed by atoms with E-state index in [-0.39, 0.29) is 5.91 Å². The standard InChI is InChI=1S/C17H25N3O2/c1-14-8-4-5-9-15(14)16(21)19-17(22-2)18-10-13-20-11-6-3-7-12-20/h4-5,8-9H,3,6-7,10-13H2,1-2H3,(H,18,19,21)/p+1. The zero-order valence-corrected chi connectivity index (χ0v) is 13.5. The Morgan fingerprint density at radius 1 is 1.27 bits per heavy atom. The van der Waals surface area contributed by atoms with Gasteiger partial charge < -0.3 is 9.64 Å². The number of hydrogen-bond acceptors (Lipinski definition) is 3. The second-order valence-corrected chi connectivity index (χ2v) is 5.72. The van der Waals surface area contributed by atoms with Crippen LogP contribution in [0.25, 0.3) is 0 Å². The van der Waals surface area contributed by atoms with Crippen molar-refractivity contribution < 1.29 is 14.4 Å². The fourth-order valence-corrected chi connectivity index (χ4v) is 2.76. The Kier molecular flexibility index (Phi) is 6.40. The number of quaternary nitrogens is 1. The summed E-state index contributed by atoms with van der Waals surface area (Å²) >= 11 is 0. The van der Waals surface area contributed by atoms with Crippen LogP contribution in [0, 0.1) is 6.92 Å². The third kappa shape index (κ3) is 4.84. The molecule has 2 N–H and O–H groups in total. The quantitative estimate of drug-likeness (QED) is 0.638. The lowest BCUT2D eigenvalue weighted by atomic mass is 10.1. The Bertz CT molecular complexity index is 522. The molecule has 1 amide bonds. The molecular weight excluding hydrogens is 278 g/mol. The number of nitrogens with one attached hydrogen (secondary N) is 2. The number of likely N-dealkylation sites (tertiary alicyclic amines) is 1. The van der Waals surface area contributed by atoms with Crippen molar-refractivity contribution in [2.45, 2.75) is 26.2 Å². The van der Waals surface area contributed by atoms with Gasteiger partial charge in [-0.1, -0.05) is 18.2 Å². The zero-order valence-electron chi connectivity index (χ0n) is 13.5. The predicted octanol–water partition coefficient (Wildman–Crippen LogP) is 0.796. The fourth-order valence-electron chi connectivity index (χ4n) is 2.76. The second kappa shape index (κ2) is 8.54. The van der Waals surface area contributed by atoms with Gasteiger partial charge in [0, 0.05) is 5.56 Å². The topological polar surface area (TPSA) is 55.1 Å². The van der Waals surface area contributed by atoms with Crippen molar-refractivity contribution in [2.24, 2.45) is 4.99 Å². The van der Waals surface area contributed by atoms with Crippen molar-refractivity contribution in [3.05, 3.63) is 35.4 Å². The first-order valence-corrected chi connectivity index (χ1v) is 7.99. The third-order valence-electron chi connectivity index (χ3n) is 4.08. The first-order valence-electron chi connectivity index (χ1n) is 7.99. The molecule has 1 heterocycles. The number of carbonyl (C=O) groups excluding carboxylic acids is 1. The van der Waals surface area contributed by atoms with Gasteiger partial charge in [0.05, 0.1) is 33.3 Å². The minimum Gasteiger partial charge on any atom is -0.468 e. The molecule has 0 saturated carbocycles. The number of ether oxygens (including phenoxy) is 1. The van der Waals surface area contributed by atoms with Crippen molar-refractivity contribution in [3.63, 3.8) is 0 Å². The van der Waals surface area contributed by atoms with E-state index >= 15 is 0 Å². The maximum absolute atomic E-state index is 12.2. The zero-order chi connectivity index (χ0) is 15.8. The lowest BCUT2D eigenvalue weighted by Crippen LogP contribution is -3.13. The second-order valence-electron chi connectivity index (χ2n) is 5.72. The monoisotopic (exact) mass is 304 g/mol. The molecule has 1 fully saturated rings. The van der Waals surface area contributed by atoms with Gasteiger partial charge in [0.25, 0.3) is 11.9 Å². The van der Waals surface area contributed by atoms with Crippen LogP contribution in [0.5, 0.6) is 0 Å². The first kappa shape index (κ1) is 16.5. The molecule has 120 valence electrons. The van der Waals surface area contributed by atoms with Crippen molar-refractivity contribution in [1.82, 2.24) is 5.32 Å². The van der Waals surface area contributed by atoms with Gasteiger partial charge in [0.1, 0.15) is 0 Å². The lowest BCUT2D eigenvalue weighted by molar-refractivity contribution is -0.903. The molecule has 0 unspecified atom stereocenters. The van der Waals surface area contributed by atoms with Crippen LogP contribution in [0.2, 0.25) is 0 Å². The minimum absolute atomic E-state index is 0.177. The Labute approximate surface area is 132 Å². The minimum atomic E-state index is -0.177. The van der Waals surface area contributed by atoms with Crippen molar-refractivity contribution in [2.75, 3.05) is 33.3 Å². The maximum Gasteiger partial charge on any atom is 0.291 e.